The van der Waals surface area contributed by atoms with Crippen LogP contribution in [0.1, 0.15) is 49.8 Å². The number of hydrogen-bond donors (Lipinski definition) is 2. The molecule has 1 heterocycles. The third-order valence-corrected chi connectivity index (χ3v) is 5.72. The van der Waals surface area contributed by atoms with Crippen molar-refractivity contribution in [3.63, 3.8) is 0 Å². The van der Waals surface area contributed by atoms with E-state index >= 15 is 0 Å². The number of carbonyl (C=O) groups is 1. The molecule has 0 aliphatic carbocycles. The van der Waals surface area contributed by atoms with Crippen molar-refractivity contribution < 1.29 is 4.79 Å². The summed E-state index contributed by atoms with van der Waals surface area (Å²) in [6.45, 7) is 6.65. The number of benzene rings is 2. The van der Waals surface area contributed by atoms with Gasteiger partial charge in [-0.05, 0) is 49.9 Å². The van der Waals surface area contributed by atoms with Gasteiger partial charge in [-0.2, -0.15) is 0 Å². The highest BCUT2D eigenvalue weighted by molar-refractivity contribution is 5.86. The van der Waals surface area contributed by atoms with Gasteiger partial charge in [-0.15, -0.1) is 0 Å². The maximum absolute atomic E-state index is 12.7. The first-order valence-electron chi connectivity index (χ1n) is 9.92. The number of nitrogens with one attached hydrogen (secondary N) is 1. The summed E-state index contributed by atoms with van der Waals surface area (Å²) in [6.07, 6.45) is 3.86. The fourth-order valence-corrected chi connectivity index (χ4v) is 3.77. The number of piperidine rings is 1. The van der Waals surface area contributed by atoms with Crippen LogP contribution in [0.2, 0.25) is 0 Å². The zero-order chi connectivity index (χ0) is 19.3. The second-order valence-electron chi connectivity index (χ2n) is 7.84. The lowest BCUT2D eigenvalue weighted by molar-refractivity contribution is -0.126. The largest absolute Gasteiger partial charge is 0.350 e. The van der Waals surface area contributed by atoms with Crippen LogP contribution in [0.3, 0.4) is 0 Å². The topological polar surface area (TPSA) is 58.4 Å². The van der Waals surface area contributed by atoms with Gasteiger partial charge >= 0.3 is 0 Å². The summed E-state index contributed by atoms with van der Waals surface area (Å²) in [6, 6.07) is 18.5. The third kappa shape index (κ3) is 4.76. The number of nitrogens with two attached hydrogens (primary N) is 1. The predicted molar refractivity (Wildman–Crippen MR) is 110 cm³/mol. The van der Waals surface area contributed by atoms with E-state index < -0.39 is 5.54 Å². The minimum atomic E-state index is -1.04. The Balaban J connectivity index is 1.67. The van der Waals surface area contributed by atoms with Gasteiger partial charge < -0.3 is 11.1 Å². The van der Waals surface area contributed by atoms with E-state index in [1.165, 1.54) is 24.8 Å². The van der Waals surface area contributed by atoms with E-state index in [1.54, 1.807) is 6.92 Å². The number of rotatable bonds is 6. The normalized spacial score (nSPS) is 20.0. The predicted octanol–water partition coefficient (Wildman–Crippen LogP) is 3.55. The molecule has 3 N–H and O–H groups in total. The van der Waals surface area contributed by atoms with Gasteiger partial charge in [0.05, 0.1) is 0 Å². The molecule has 1 aliphatic rings. The van der Waals surface area contributed by atoms with Gasteiger partial charge in [-0.1, -0.05) is 61.0 Å². The van der Waals surface area contributed by atoms with Crippen LogP contribution in [-0.2, 0) is 23.4 Å². The molecule has 144 valence electrons. The van der Waals surface area contributed by atoms with E-state index in [9.17, 15) is 4.79 Å². The smallest absolute Gasteiger partial charge is 0.244 e. The van der Waals surface area contributed by atoms with Gasteiger partial charge in [-0.25, -0.2) is 0 Å². The van der Waals surface area contributed by atoms with Crippen LogP contribution in [0.5, 0.6) is 0 Å². The minimum absolute atomic E-state index is 0.158. The van der Waals surface area contributed by atoms with E-state index in [4.69, 9.17) is 5.73 Å². The standard InChI is InChI=1S/C23H31N3O/c1-18-10-8-9-15-26(18)17-20-12-7-6-11-19(20)16-25-22(27)23(2,24)21-13-4-3-5-14-21/h3-7,11-14,18H,8-10,15-17,24H2,1-2H3,(H,25,27). The van der Waals surface area contributed by atoms with Crippen LogP contribution in [0.4, 0.5) is 0 Å². The first-order chi connectivity index (χ1) is 13.0. The first-order valence-corrected chi connectivity index (χ1v) is 9.92. The molecule has 1 fully saturated rings. The van der Waals surface area contributed by atoms with Crippen molar-refractivity contribution >= 4 is 5.91 Å². The lowest BCUT2D eigenvalue weighted by Gasteiger charge is -2.34. The van der Waals surface area contributed by atoms with Gasteiger partial charge in [-0.3, -0.25) is 9.69 Å². The summed E-state index contributed by atoms with van der Waals surface area (Å²) in [4.78, 5) is 15.3. The molecule has 1 aliphatic heterocycles. The van der Waals surface area contributed by atoms with Crippen LogP contribution in [-0.4, -0.2) is 23.4 Å². The Morgan fingerprint density at radius 1 is 1.11 bits per heavy atom. The van der Waals surface area contributed by atoms with Crippen molar-refractivity contribution in [2.45, 2.75) is 57.8 Å². The molecule has 2 aromatic carbocycles. The van der Waals surface area contributed by atoms with Crippen LogP contribution < -0.4 is 11.1 Å². The number of amides is 1. The summed E-state index contributed by atoms with van der Waals surface area (Å²) < 4.78 is 0. The molecule has 0 saturated carbocycles. The summed E-state index contributed by atoms with van der Waals surface area (Å²) in [7, 11) is 0. The summed E-state index contributed by atoms with van der Waals surface area (Å²) in [5.41, 5.74) is 8.55. The number of carbonyl (C=O) groups excluding carboxylic acids is 1. The fraction of sp³-hybridized carbons (Fsp3) is 0.435. The Morgan fingerprint density at radius 2 is 1.78 bits per heavy atom. The molecule has 0 radical (unpaired) electrons. The van der Waals surface area contributed by atoms with Crippen molar-refractivity contribution in [3.8, 4) is 0 Å². The first kappa shape index (κ1) is 19.6. The van der Waals surface area contributed by atoms with E-state index in [1.807, 2.05) is 36.4 Å². The maximum atomic E-state index is 12.7. The third-order valence-electron chi connectivity index (χ3n) is 5.72. The molecule has 2 unspecified atom stereocenters. The zero-order valence-electron chi connectivity index (χ0n) is 16.4. The van der Waals surface area contributed by atoms with Crippen molar-refractivity contribution in [2.24, 2.45) is 5.73 Å². The number of nitrogens with zero attached hydrogens (tertiary/aromatic N) is 1. The van der Waals surface area contributed by atoms with E-state index in [-0.39, 0.29) is 5.91 Å². The van der Waals surface area contributed by atoms with Gasteiger partial charge in [0.15, 0.2) is 0 Å². The molecule has 0 spiro atoms. The van der Waals surface area contributed by atoms with Gasteiger partial charge in [0.1, 0.15) is 5.54 Å². The SMILES string of the molecule is CC1CCCCN1Cc1ccccc1CNC(=O)C(C)(N)c1ccccc1. The second-order valence-corrected chi connectivity index (χ2v) is 7.84. The average Bonchev–Trinajstić information content (AvgIpc) is 2.69. The second kappa shape index (κ2) is 8.68. The Morgan fingerprint density at radius 3 is 2.48 bits per heavy atom. The van der Waals surface area contributed by atoms with E-state index in [0.717, 1.165) is 24.2 Å². The number of hydrogen-bond acceptors (Lipinski definition) is 3. The number of likely N-dealkylation sites (tertiary alicyclic amines) is 1. The molecular weight excluding hydrogens is 334 g/mol. The fourth-order valence-electron chi connectivity index (χ4n) is 3.77. The summed E-state index contributed by atoms with van der Waals surface area (Å²) in [5, 5.41) is 3.04. The summed E-state index contributed by atoms with van der Waals surface area (Å²) in [5.74, 6) is -0.158. The molecule has 4 nitrogen and oxygen atoms in total. The minimum Gasteiger partial charge on any atom is -0.350 e. The molecule has 2 atom stereocenters. The maximum Gasteiger partial charge on any atom is 0.244 e. The van der Waals surface area contributed by atoms with E-state index in [2.05, 4.69) is 35.3 Å². The van der Waals surface area contributed by atoms with Crippen LogP contribution in [0.15, 0.2) is 54.6 Å². The quantitative estimate of drug-likeness (QED) is 0.823. The molecule has 1 amide bonds. The highest BCUT2D eigenvalue weighted by Crippen LogP contribution is 2.21. The lowest BCUT2D eigenvalue weighted by Crippen LogP contribution is -2.48. The van der Waals surface area contributed by atoms with Crippen LogP contribution in [0, 0.1) is 0 Å². The van der Waals surface area contributed by atoms with Crippen molar-refractivity contribution in [1.82, 2.24) is 10.2 Å². The monoisotopic (exact) mass is 365 g/mol. The Bertz CT molecular complexity index is 757. The zero-order valence-corrected chi connectivity index (χ0v) is 16.4. The Hall–Kier alpha value is -2.17. The van der Waals surface area contributed by atoms with Crippen LogP contribution in [0.25, 0.3) is 0 Å². The van der Waals surface area contributed by atoms with Crippen molar-refractivity contribution in [3.05, 3.63) is 71.3 Å². The molecule has 1 saturated heterocycles. The Labute approximate surface area is 162 Å². The Kier molecular flexibility index (Phi) is 6.30. The van der Waals surface area contributed by atoms with Gasteiger partial charge in [0, 0.05) is 19.1 Å². The molecule has 2 aromatic rings. The molecule has 4 heteroatoms. The molecule has 3 rings (SSSR count). The molecule has 0 aromatic heterocycles. The highest BCUT2D eigenvalue weighted by Gasteiger charge is 2.30. The highest BCUT2D eigenvalue weighted by atomic mass is 16.2. The molecule has 27 heavy (non-hydrogen) atoms. The summed E-state index contributed by atoms with van der Waals surface area (Å²) >= 11 is 0. The van der Waals surface area contributed by atoms with Crippen molar-refractivity contribution in [2.75, 3.05) is 6.54 Å². The van der Waals surface area contributed by atoms with Crippen LogP contribution >= 0.6 is 0 Å². The average molecular weight is 366 g/mol. The van der Waals surface area contributed by atoms with Gasteiger partial charge in [0.25, 0.3) is 0 Å². The molecular formula is C23H31N3O. The lowest BCUT2D eigenvalue weighted by atomic mass is 9.92. The van der Waals surface area contributed by atoms with Gasteiger partial charge in [0.2, 0.25) is 5.91 Å². The van der Waals surface area contributed by atoms with Crippen molar-refractivity contribution in [1.29, 1.82) is 0 Å². The van der Waals surface area contributed by atoms with E-state index in [0.29, 0.717) is 12.6 Å². The molecule has 0 bridgehead atoms.